The van der Waals surface area contributed by atoms with Gasteiger partial charge in [0.1, 0.15) is 19.3 Å². The molecule has 0 aliphatic heterocycles. The third kappa shape index (κ3) is 46.9. The Morgan fingerprint density at radius 3 is 1.45 bits per heavy atom. The van der Waals surface area contributed by atoms with Gasteiger partial charge in [0.05, 0.1) is 33.8 Å². The summed E-state index contributed by atoms with van der Waals surface area (Å²) in [6, 6.07) is -0.898. The molecule has 0 bridgehead atoms. The molecule has 0 aliphatic rings. The van der Waals surface area contributed by atoms with E-state index in [4.69, 9.17) is 13.8 Å². The van der Waals surface area contributed by atoms with Crippen molar-refractivity contribution in [1.29, 1.82) is 0 Å². The number of amides is 1. The van der Waals surface area contributed by atoms with Crippen molar-refractivity contribution >= 4 is 19.7 Å². The summed E-state index contributed by atoms with van der Waals surface area (Å²) in [5, 5.41) is 3.00. The van der Waals surface area contributed by atoms with E-state index in [0.29, 0.717) is 30.3 Å². The zero-order valence-electron chi connectivity index (χ0n) is 43.2. The Kier molecular flexibility index (Phi) is 44.3. The third-order valence-electron chi connectivity index (χ3n) is 11.8. The maximum atomic E-state index is 13.4. The Balaban J connectivity index is 5.43. The van der Waals surface area contributed by atoms with Crippen LogP contribution in [-0.4, -0.2) is 69.4 Å². The first kappa shape index (κ1) is 63.0. The van der Waals surface area contributed by atoms with Crippen molar-refractivity contribution in [3.05, 3.63) is 48.6 Å². The van der Waals surface area contributed by atoms with E-state index in [0.717, 1.165) is 83.5 Å². The molecule has 1 N–H and O–H groups in total. The van der Waals surface area contributed by atoms with Gasteiger partial charge in [-0.25, -0.2) is 0 Å². The van der Waals surface area contributed by atoms with Crippen molar-refractivity contribution in [2.24, 2.45) is 0 Å². The summed E-state index contributed by atoms with van der Waals surface area (Å²) in [6.45, 7) is 6.77. The van der Waals surface area contributed by atoms with Crippen LogP contribution in [0.2, 0.25) is 0 Å². The van der Waals surface area contributed by atoms with Gasteiger partial charge >= 0.3 is 5.97 Å². The van der Waals surface area contributed by atoms with Crippen molar-refractivity contribution in [3.8, 4) is 0 Å². The second kappa shape index (κ2) is 45.7. The normalized spacial score (nSPS) is 14.3. The van der Waals surface area contributed by atoms with Gasteiger partial charge in [0.2, 0.25) is 5.91 Å². The van der Waals surface area contributed by atoms with Crippen molar-refractivity contribution in [3.63, 3.8) is 0 Å². The van der Waals surface area contributed by atoms with Crippen LogP contribution in [0, 0.1) is 0 Å². The van der Waals surface area contributed by atoms with Crippen molar-refractivity contribution < 1.29 is 37.3 Å². The Morgan fingerprint density at radius 2 is 0.938 bits per heavy atom. The fourth-order valence-corrected chi connectivity index (χ4v) is 8.23. The van der Waals surface area contributed by atoms with E-state index in [2.05, 4.69) is 62.5 Å². The molecule has 0 aromatic carbocycles. The first-order chi connectivity index (χ1) is 31.4. The van der Waals surface area contributed by atoms with Crippen LogP contribution < -0.4 is 10.2 Å². The number of rotatable bonds is 48. The number of nitrogens with one attached hydrogen (secondary N) is 1. The summed E-state index contributed by atoms with van der Waals surface area (Å²) >= 11 is 0. The molecule has 0 saturated heterocycles. The summed E-state index contributed by atoms with van der Waals surface area (Å²) in [6.07, 6.45) is 53.6. The quantitative estimate of drug-likeness (QED) is 0.0161. The number of carbonyl (C=O) groups is 2. The molecule has 380 valence electrons. The SMILES string of the molecule is CCCCC/C=C/C=C/CCCCCCCCC(=O)OC(/C=C/CCCCCCCCCCC)C(COP(=O)([O-])OCC[N+](C)(C)C)NC(=O)CCCCC/C=C\CCCCCCCC. The first-order valence-corrected chi connectivity index (χ1v) is 28.4. The van der Waals surface area contributed by atoms with Gasteiger partial charge in [-0.1, -0.05) is 192 Å². The lowest BCUT2D eigenvalue weighted by atomic mass is 10.1. The number of likely N-dealkylation sites (N-methyl/N-ethyl adjacent to an activating group) is 1. The number of hydrogen-bond donors (Lipinski definition) is 1. The zero-order valence-corrected chi connectivity index (χ0v) is 44.1. The van der Waals surface area contributed by atoms with E-state index in [1.807, 2.05) is 33.3 Å². The number of ether oxygens (including phenoxy) is 1. The van der Waals surface area contributed by atoms with Crippen LogP contribution in [0.3, 0.4) is 0 Å². The van der Waals surface area contributed by atoms with Gasteiger partial charge in [-0.3, -0.25) is 14.2 Å². The molecule has 0 radical (unpaired) electrons. The molecular weight excluding hydrogens is 832 g/mol. The van der Waals surface area contributed by atoms with Crippen LogP contribution in [0.25, 0.3) is 0 Å². The fourth-order valence-electron chi connectivity index (χ4n) is 7.51. The molecule has 1 amide bonds. The lowest BCUT2D eigenvalue weighted by molar-refractivity contribution is -0.870. The monoisotopic (exact) mass is 935 g/mol. The van der Waals surface area contributed by atoms with Crippen LogP contribution in [0.1, 0.15) is 239 Å². The van der Waals surface area contributed by atoms with Crippen molar-refractivity contribution in [1.82, 2.24) is 5.32 Å². The summed E-state index contributed by atoms with van der Waals surface area (Å²) in [4.78, 5) is 39.7. The molecule has 0 aliphatic carbocycles. The van der Waals surface area contributed by atoms with Gasteiger partial charge in [0.25, 0.3) is 7.82 Å². The van der Waals surface area contributed by atoms with Crippen LogP contribution in [0.4, 0.5) is 0 Å². The molecule has 0 fully saturated rings. The minimum absolute atomic E-state index is 0.0273. The Morgan fingerprint density at radius 1 is 0.538 bits per heavy atom. The highest BCUT2D eigenvalue weighted by Gasteiger charge is 2.27. The molecule has 3 atom stereocenters. The predicted octanol–water partition coefficient (Wildman–Crippen LogP) is 15.1. The number of esters is 1. The Hall–Kier alpha value is -2.03. The van der Waals surface area contributed by atoms with Gasteiger partial charge < -0.3 is 28.5 Å². The highest BCUT2D eigenvalue weighted by molar-refractivity contribution is 7.45. The molecule has 0 saturated carbocycles. The molecular formula is C55H103N2O7P. The molecule has 10 heteroatoms. The molecule has 0 aromatic rings. The molecule has 3 unspecified atom stereocenters. The van der Waals surface area contributed by atoms with Gasteiger partial charge in [-0.2, -0.15) is 0 Å². The van der Waals surface area contributed by atoms with Gasteiger partial charge in [0.15, 0.2) is 0 Å². The van der Waals surface area contributed by atoms with Crippen molar-refractivity contribution in [2.75, 3.05) is 40.9 Å². The average molecular weight is 935 g/mol. The molecule has 0 rings (SSSR count). The number of carbonyl (C=O) groups excluding carboxylic acids is 2. The number of allylic oxidation sites excluding steroid dienone is 7. The topological polar surface area (TPSA) is 114 Å². The smallest absolute Gasteiger partial charge is 0.306 e. The summed E-state index contributed by atoms with van der Waals surface area (Å²) < 4.78 is 30.1. The Labute approximate surface area is 401 Å². The van der Waals surface area contributed by atoms with E-state index >= 15 is 0 Å². The van der Waals surface area contributed by atoms with E-state index in [9.17, 15) is 19.0 Å². The fraction of sp³-hybridized carbons (Fsp3) is 0.818. The largest absolute Gasteiger partial charge is 0.756 e. The number of unbranched alkanes of at least 4 members (excludes halogenated alkanes) is 27. The molecule has 0 aromatic heterocycles. The van der Waals surface area contributed by atoms with E-state index < -0.39 is 26.6 Å². The predicted molar refractivity (Wildman–Crippen MR) is 275 cm³/mol. The minimum atomic E-state index is -4.69. The second-order valence-corrected chi connectivity index (χ2v) is 20.8. The van der Waals surface area contributed by atoms with Gasteiger partial charge in [0, 0.05) is 12.8 Å². The average Bonchev–Trinajstić information content (AvgIpc) is 3.26. The van der Waals surface area contributed by atoms with Crippen LogP contribution in [-0.2, 0) is 27.9 Å². The molecule has 65 heavy (non-hydrogen) atoms. The lowest BCUT2D eigenvalue weighted by Gasteiger charge is -2.30. The van der Waals surface area contributed by atoms with E-state index in [1.165, 1.54) is 109 Å². The Bertz CT molecular complexity index is 1260. The maximum Gasteiger partial charge on any atom is 0.306 e. The second-order valence-electron chi connectivity index (χ2n) is 19.4. The van der Waals surface area contributed by atoms with Crippen LogP contribution >= 0.6 is 7.82 Å². The third-order valence-corrected chi connectivity index (χ3v) is 12.7. The first-order valence-electron chi connectivity index (χ1n) is 27.0. The highest BCUT2D eigenvalue weighted by Crippen LogP contribution is 2.38. The number of quaternary nitrogens is 1. The highest BCUT2D eigenvalue weighted by atomic mass is 31.2. The standard InChI is InChI=1S/C55H103N2O7P/c1-7-10-13-16-19-22-25-27-28-30-33-36-39-42-45-48-55(59)64-53(46-43-40-37-34-31-24-21-18-15-12-9-3)52(51-63-65(60,61)62-50-49-57(4,5)6)56-54(58)47-44-41-38-35-32-29-26-23-20-17-14-11-8-2/h19,22,25,27,29,32,43,46,52-53H,7-18,20-21,23-24,26,28,30-31,33-42,44-45,47-51H2,1-6H3,(H-,56,58,60,61)/b22-19+,27-25+,32-29-,46-43+. The number of hydrogen-bond acceptors (Lipinski definition) is 7. The van der Waals surface area contributed by atoms with Crippen LogP contribution in [0.15, 0.2) is 48.6 Å². The summed E-state index contributed by atoms with van der Waals surface area (Å²) in [5.41, 5.74) is 0. The zero-order chi connectivity index (χ0) is 48.0. The summed E-state index contributed by atoms with van der Waals surface area (Å²) in [7, 11) is 1.17. The summed E-state index contributed by atoms with van der Waals surface area (Å²) in [5.74, 6) is -0.574. The number of phosphoric ester groups is 1. The maximum absolute atomic E-state index is 13.4. The lowest BCUT2D eigenvalue weighted by Crippen LogP contribution is -2.47. The van der Waals surface area contributed by atoms with E-state index in [-0.39, 0.29) is 24.9 Å². The van der Waals surface area contributed by atoms with Gasteiger partial charge in [-0.15, -0.1) is 0 Å². The minimum Gasteiger partial charge on any atom is -0.756 e. The molecule has 0 spiro atoms. The molecule has 9 nitrogen and oxygen atoms in total. The molecule has 0 heterocycles. The van der Waals surface area contributed by atoms with Gasteiger partial charge in [-0.05, 0) is 83.1 Å². The van der Waals surface area contributed by atoms with E-state index in [1.54, 1.807) is 0 Å². The van der Waals surface area contributed by atoms with Crippen LogP contribution in [0.5, 0.6) is 0 Å². The van der Waals surface area contributed by atoms with Crippen molar-refractivity contribution in [2.45, 2.75) is 251 Å². The number of phosphoric acid groups is 1. The number of nitrogens with zero attached hydrogens (tertiary/aromatic N) is 1.